The van der Waals surface area contributed by atoms with Crippen molar-refractivity contribution in [2.45, 2.75) is 45.3 Å². The van der Waals surface area contributed by atoms with Gasteiger partial charge in [0.05, 0.1) is 12.6 Å². The molecule has 0 spiro atoms. The van der Waals surface area contributed by atoms with E-state index in [1.807, 2.05) is 50.1 Å². The quantitative estimate of drug-likeness (QED) is 0.782. The number of hydrogen-bond donors (Lipinski definition) is 2. The number of amides is 1. The molecule has 0 aromatic heterocycles. The van der Waals surface area contributed by atoms with E-state index in [-0.39, 0.29) is 24.5 Å². The van der Waals surface area contributed by atoms with Gasteiger partial charge in [-0.05, 0) is 44.9 Å². The number of likely N-dealkylation sites (N-methyl/N-ethyl adjacent to an activating group) is 1. The molecule has 2 N–H and O–H groups in total. The number of hydrogen-bond acceptors (Lipinski definition) is 4. The number of carbonyl (C=O) groups excluding carboxylic acids is 1. The molecular formula is C19H29N3O3. The smallest absolute Gasteiger partial charge is 0.317 e. The van der Waals surface area contributed by atoms with Gasteiger partial charge in [-0.2, -0.15) is 0 Å². The van der Waals surface area contributed by atoms with Crippen molar-refractivity contribution in [1.82, 2.24) is 15.1 Å². The molecule has 0 saturated carbocycles. The van der Waals surface area contributed by atoms with Crippen LogP contribution in [0.25, 0.3) is 0 Å². The van der Waals surface area contributed by atoms with Gasteiger partial charge in [0.2, 0.25) is 5.91 Å². The van der Waals surface area contributed by atoms with E-state index in [0.29, 0.717) is 6.54 Å². The van der Waals surface area contributed by atoms with Gasteiger partial charge in [0.25, 0.3) is 0 Å². The normalized spacial score (nSPS) is 17.4. The highest BCUT2D eigenvalue weighted by Crippen LogP contribution is 2.17. The number of aryl methyl sites for hydroxylation is 1. The van der Waals surface area contributed by atoms with Crippen LogP contribution in [0.3, 0.4) is 0 Å². The molecule has 2 rings (SSSR count). The molecule has 6 nitrogen and oxygen atoms in total. The van der Waals surface area contributed by atoms with Crippen molar-refractivity contribution < 1.29 is 14.7 Å². The van der Waals surface area contributed by atoms with Gasteiger partial charge in [-0.1, -0.05) is 24.3 Å². The van der Waals surface area contributed by atoms with Crippen molar-refractivity contribution in [2.75, 3.05) is 26.7 Å². The predicted octanol–water partition coefficient (Wildman–Crippen LogP) is 1.48. The molecule has 1 aliphatic rings. The van der Waals surface area contributed by atoms with Gasteiger partial charge in [-0.3, -0.25) is 19.4 Å². The third kappa shape index (κ3) is 5.54. The van der Waals surface area contributed by atoms with E-state index in [1.165, 1.54) is 5.56 Å². The van der Waals surface area contributed by atoms with Crippen LogP contribution in [0.15, 0.2) is 24.3 Å². The fourth-order valence-corrected chi connectivity index (χ4v) is 3.36. The maximum absolute atomic E-state index is 12.4. The second-order valence-electron chi connectivity index (χ2n) is 6.90. The minimum atomic E-state index is -0.797. The Kier molecular flexibility index (Phi) is 6.96. The molecule has 1 heterocycles. The second kappa shape index (κ2) is 8.97. The molecule has 138 valence electrons. The molecule has 1 fully saturated rings. The molecule has 6 heteroatoms. The first-order valence-electron chi connectivity index (χ1n) is 8.86. The number of likely N-dealkylation sites (tertiary alicyclic amines) is 1. The lowest BCUT2D eigenvalue weighted by atomic mass is 10.0. The Hall–Kier alpha value is -1.92. The molecule has 1 aromatic carbocycles. The lowest BCUT2D eigenvalue weighted by Gasteiger charge is -2.38. The van der Waals surface area contributed by atoms with Crippen LogP contribution in [0, 0.1) is 6.92 Å². The van der Waals surface area contributed by atoms with E-state index in [9.17, 15) is 9.59 Å². The number of nitrogens with one attached hydrogen (secondary N) is 1. The van der Waals surface area contributed by atoms with Crippen LogP contribution in [0.5, 0.6) is 0 Å². The highest BCUT2D eigenvalue weighted by molar-refractivity contribution is 5.81. The van der Waals surface area contributed by atoms with Gasteiger partial charge < -0.3 is 10.4 Å². The predicted molar refractivity (Wildman–Crippen MR) is 97.3 cm³/mol. The lowest BCUT2D eigenvalue weighted by molar-refractivity contribution is -0.138. The van der Waals surface area contributed by atoms with Crippen molar-refractivity contribution in [3.63, 3.8) is 0 Å². The van der Waals surface area contributed by atoms with Crippen molar-refractivity contribution in [2.24, 2.45) is 0 Å². The third-order valence-electron chi connectivity index (χ3n) is 5.15. The van der Waals surface area contributed by atoms with E-state index in [1.54, 1.807) is 0 Å². The Labute approximate surface area is 149 Å². The maximum atomic E-state index is 12.4. The Morgan fingerprint density at radius 2 is 1.96 bits per heavy atom. The van der Waals surface area contributed by atoms with Crippen LogP contribution >= 0.6 is 0 Å². The van der Waals surface area contributed by atoms with Gasteiger partial charge in [0.1, 0.15) is 0 Å². The number of aliphatic carboxylic acids is 1. The number of carboxylic acids is 1. The summed E-state index contributed by atoms with van der Waals surface area (Å²) in [7, 11) is 1.85. The van der Waals surface area contributed by atoms with E-state index in [4.69, 9.17) is 5.11 Å². The summed E-state index contributed by atoms with van der Waals surface area (Å²) in [4.78, 5) is 27.3. The van der Waals surface area contributed by atoms with Crippen molar-refractivity contribution >= 4 is 11.9 Å². The molecule has 1 atom stereocenters. The molecule has 1 unspecified atom stereocenters. The topological polar surface area (TPSA) is 72.9 Å². The molecule has 0 aliphatic carbocycles. The van der Waals surface area contributed by atoms with Crippen LogP contribution < -0.4 is 5.32 Å². The summed E-state index contributed by atoms with van der Waals surface area (Å²) in [6.07, 6.45) is 1.78. The minimum Gasteiger partial charge on any atom is -0.480 e. The molecule has 0 bridgehead atoms. The second-order valence-corrected chi connectivity index (χ2v) is 6.90. The maximum Gasteiger partial charge on any atom is 0.317 e. The molecule has 1 amide bonds. The summed E-state index contributed by atoms with van der Waals surface area (Å²) >= 11 is 0. The van der Waals surface area contributed by atoms with Crippen molar-refractivity contribution in [1.29, 1.82) is 0 Å². The van der Waals surface area contributed by atoms with Gasteiger partial charge in [0.15, 0.2) is 0 Å². The van der Waals surface area contributed by atoms with Gasteiger partial charge in [0, 0.05) is 25.7 Å². The fourth-order valence-electron chi connectivity index (χ4n) is 3.36. The van der Waals surface area contributed by atoms with Crippen LogP contribution in [-0.4, -0.2) is 65.5 Å². The van der Waals surface area contributed by atoms with E-state index >= 15 is 0 Å². The minimum absolute atomic E-state index is 0.0422. The number of piperidine rings is 1. The summed E-state index contributed by atoms with van der Waals surface area (Å²) in [5, 5.41) is 11.9. The zero-order valence-electron chi connectivity index (χ0n) is 15.4. The summed E-state index contributed by atoms with van der Waals surface area (Å²) in [6, 6.07) is 8.16. The largest absolute Gasteiger partial charge is 0.480 e. The molecule has 1 aliphatic heterocycles. The van der Waals surface area contributed by atoms with Crippen LogP contribution in [0.1, 0.15) is 30.9 Å². The monoisotopic (exact) mass is 347 g/mol. The number of benzene rings is 1. The number of rotatable bonds is 7. The summed E-state index contributed by atoms with van der Waals surface area (Å²) in [6.45, 7) is 6.23. The zero-order valence-corrected chi connectivity index (χ0v) is 15.4. The molecule has 1 saturated heterocycles. The Balaban J connectivity index is 1.79. The summed E-state index contributed by atoms with van der Waals surface area (Å²) < 4.78 is 0. The average molecular weight is 347 g/mol. The molecule has 1 aromatic rings. The van der Waals surface area contributed by atoms with Gasteiger partial charge in [-0.25, -0.2) is 0 Å². The summed E-state index contributed by atoms with van der Waals surface area (Å²) in [5.74, 6) is -0.755. The zero-order chi connectivity index (χ0) is 18.4. The highest BCUT2D eigenvalue weighted by atomic mass is 16.4. The van der Waals surface area contributed by atoms with Crippen LogP contribution in [-0.2, 0) is 16.1 Å². The van der Waals surface area contributed by atoms with E-state index < -0.39 is 5.97 Å². The molecule has 25 heavy (non-hydrogen) atoms. The average Bonchev–Trinajstić information content (AvgIpc) is 2.59. The fraction of sp³-hybridized carbons (Fsp3) is 0.579. The highest BCUT2D eigenvalue weighted by Gasteiger charge is 2.28. The summed E-state index contributed by atoms with van der Waals surface area (Å²) in [5.41, 5.74) is 2.31. The van der Waals surface area contributed by atoms with E-state index in [0.717, 1.165) is 31.5 Å². The lowest BCUT2D eigenvalue weighted by Crippen LogP contribution is -2.51. The van der Waals surface area contributed by atoms with Gasteiger partial charge in [-0.15, -0.1) is 0 Å². The molecular weight excluding hydrogens is 318 g/mol. The Morgan fingerprint density at radius 3 is 2.56 bits per heavy atom. The first kappa shape index (κ1) is 19.4. The van der Waals surface area contributed by atoms with E-state index in [2.05, 4.69) is 10.2 Å². The van der Waals surface area contributed by atoms with Gasteiger partial charge >= 0.3 is 5.97 Å². The SMILES string of the molecule is Cc1ccccc1CNC(=O)C(C)N1CCC(N(C)CC(=O)O)CC1. The van der Waals surface area contributed by atoms with Crippen molar-refractivity contribution in [3.8, 4) is 0 Å². The van der Waals surface area contributed by atoms with Crippen LogP contribution in [0.2, 0.25) is 0 Å². The standard InChI is InChI=1S/C19H29N3O3/c1-14-6-4-5-7-16(14)12-20-19(25)15(2)22-10-8-17(9-11-22)21(3)13-18(23)24/h4-7,15,17H,8-13H2,1-3H3,(H,20,25)(H,23,24). The Morgan fingerprint density at radius 1 is 1.32 bits per heavy atom. The van der Waals surface area contributed by atoms with Crippen molar-refractivity contribution in [3.05, 3.63) is 35.4 Å². The third-order valence-corrected chi connectivity index (χ3v) is 5.15. The number of carboxylic acid groups (broad SMARTS) is 1. The number of carbonyl (C=O) groups is 2. The Bertz CT molecular complexity index is 597. The first-order chi connectivity index (χ1) is 11.9. The number of nitrogens with zero attached hydrogens (tertiary/aromatic N) is 2. The van der Waals surface area contributed by atoms with Crippen LogP contribution in [0.4, 0.5) is 0 Å². The molecule has 0 radical (unpaired) electrons. The first-order valence-corrected chi connectivity index (χ1v) is 8.86.